The average molecular weight is 246 g/mol. The molecule has 94 valence electrons. The van der Waals surface area contributed by atoms with Crippen LogP contribution in [0.4, 0.5) is 0 Å². The number of phenolic OH excluding ortho intramolecular Hbond substituents is 2. The Labute approximate surface area is 105 Å². The topological polar surface area (TPSA) is 58.9 Å². The summed E-state index contributed by atoms with van der Waals surface area (Å²) in [5, 5.41) is 19.4. The van der Waals surface area contributed by atoms with Crippen molar-refractivity contribution in [1.82, 2.24) is 0 Å². The van der Waals surface area contributed by atoms with Gasteiger partial charge in [-0.15, -0.1) is 0 Å². The van der Waals surface area contributed by atoms with Crippen LogP contribution in [-0.4, -0.2) is 24.4 Å². The second kappa shape index (κ2) is 4.87. The Morgan fingerprint density at radius 2 is 1.50 bits per heavy atom. The molecule has 0 saturated heterocycles. The molecule has 4 nitrogen and oxygen atoms in total. The molecule has 0 saturated carbocycles. The molecule has 18 heavy (non-hydrogen) atoms. The fourth-order valence-electron chi connectivity index (χ4n) is 1.72. The van der Waals surface area contributed by atoms with Crippen molar-refractivity contribution >= 4 is 0 Å². The molecule has 2 rings (SSSR count). The molecule has 4 heteroatoms. The molecule has 0 heterocycles. The van der Waals surface area contributed by atoms with Gasteiger partial charge in [0.2, 0.25) is 0 Å². The van der Waals surface area contributed by atoms with E-state index in [-0.39, 0.29) is 11.5 Å². The van der Waals surface area contributed by atoms with Crippen LogP contribution in [0, 0.1) is 0 Å². The summed E-state index contributed by atoms with van der Waals surface area (Å²) in [5.74, 6) is 0.966. The summed E-state index contributed by atoms with van der Waals surface area (Å²) >= 11 is 0. The Morgan fingerprint density at radius 3 is 2.06 bits per heavy atom. The molecule has 0 amide bonds. The lowest BCUT2D eigenvalue weighted by molar-refractivity contribution is 0.370. The lowest BCUT2D eigenvalue weighted by Gasteiger charge is -2.10. The summed E-state index contributed by atoms with van der Waals surface area (Å²) in [6, 6.07) is 10.1. The van der Waals surface area contributed by atoms with Gasteiger partial charge < -0.3 is 19.7 Å². The molecule has 0 spiro atoms. The minimum absolute atomic E-state index is 0.00142. The van der Waals surface area contributed by atoms with Crippen molar-refractivity contribution in [2.24, 2.45) is 0 Å². The maximum Gasteiger partial charge on any atom is 0.161 e. The highest BCUT2D eigenvalue weighted by molar-refractivity contribution is 5.74. The number of phenols is 2. The van der Waals surface area contributed by atoms with E-state index in [9.17, 15) is 10.2 Å². The van der Waals surface area contributed by atoms with Crippen molar-refractivity contribution in [2.75, 3.05) is 14.2 Å². The quantitative estimate of drug-likeness (QED) is 0.874. The monoisotopic (exact) mass is 246 g/mol. The van der Waals surface area contributed by atoms with Gasteiger partial charge in [0.05, 0.1) is 14.2 Å². The predicted molar refractivity (Wildman–Crippen MR) is 68.3 cm³/mol. The van der Waals surface area contributed by atoms with Crippen molar-refractivity contribution in [3.8, 4) is 34.1 Å². The van der Waals surface area contributed by atoms with E-state index in [2.05, 4.69) is 0 Å². The van der Waals surface area contributed by atoms with E-state index in [0.717, 1.165) is 11.3 Å². The fourth-order valence-corrected chi connectivity index (χ4v) is 1.72. The van der Waals surface area contributed by atoms with Crippen LogP contribution in [0.3, 0.4) is 0 Å². The van der Waals surface area contributed by atoms with Crippen molar-refractivity contribution in [2.45, 2.75) is 0 Å². The molecule has 0 aliphatic heterocycles. The predicted octanol–water partition coefficient (Wildman–Crippen LogP) is 2.78. The number of hydrogen-bond acceptors (Lipinski definition) is 4. The van der Waals surface area contributed by atoms with E-state index < -0.39 is 0 Å². The summed E-state index contributed by atoms with van der Waals surface area (Å²) in [6.07, 6.45) is 0. The highest BCUT2D eigenvalue weighted by Gasteiger charge is 2.10. The van der Waals surface area contributed by atoms with E-state index in [1.54, 1.807) is 25.3 Å². The van der Waals surface area contributed by atoms with Crippen LogP contribution in [0.5, 0.6) is 23.0 Å². The first-order valence-electron chi connectivity index (χ1n) is 5.40. The minimum atomic E-state index is -0.0905. The lowest BCUT2D eigenvalue weighted by atomic mass is 10.0. The van der Waals surface area contributed by atoms with Crippen molar-refractivity contribution < 1.29 is 19.7 Å². The van der Waals surface area contributed by atoms with Crippen molar-refractivity contribution in [1.29, 1.82) is 0 Å². The molecular formula is C14H14O4. The first kappa shape index (κ1) is 12.1. The van der Waals surface area contributed by atoms with Gasteiger partial charge in [-0.2, -0.15) is 0 Å². The third kappa shape index (κ3) is 2.18. The summed E-state index contributed by atoms with van der Waals surface area (Å²) in [7, 11) is 3.06. The Morgan fingerprint density at radius 1 is 0.833 bits per heavy atom. The van der Waals surface area contributed by atoms with E-state index >= 15 is 0 Å². The first-order chi connectivity index (χ1) is 8.65. The van der Waals surface area contributed by atoms with Gasteiger partial charge in [0.1, 0.15) is 11.5 Å². The Kier molecular flexibility index (Phi) is 3.28. The molecule has 2 aromatic carbocycles. The van der Waals surface area contributed by atoms with Crippen LogP contribution < -0.4 is 9.47 Å². The van der Waals surface area contributed by atoms with Gasteiger partial charge >= 0.3 is 0 Å². The van der Waals surface area contributed by atoms with Gasteiger partial charge in [0.25, 0.3) is 0 Å². The van der Waals surface area contributed by atoms with Crippen LogP contribution in [0.15, 0.2) is 36.4 Å². The fraction of sp³-hybridized carbons (Fsp3) is 0.143. The zero-order valence-corrected chi connectivity index (χ0v) is 10.2. The summed E-state index contributed by atoms with van der Waals surface area (Å²) < 4.78 is 10.1. The maximum absolute atomic E-state index is 9.84. The van der Waals surface area contributed by atoms with E-state index in [4.69, 9.17) is 9.47 Å². The largest absolute Gasteiger partial charge is 0.507 e. The summed E-state index contributed by atoms with van der Waals surface area (Å²) in [4.78, 5) is 0. The third-order valence-corrected chi connectivity index (χ3v) is 2.70. The van der Waals surface area contributed by atoms with E-state index in [1.165, 1.54) is 13.2 Å². The van der Waals surface area contributed by atoms with Gasteiger partial charge in [0, 0.05) is 11.6 Å². The molecule has 0 atom stereocenters. The van der Waals surface area contributed by atoms with Crippen LogP contribution >= 0.6 is 0 Å². The zero-order chi connectivity index (χ0) is 13.1. The van der Waals surface area contributed by atoms with Gasteiger partial charge in [-0.05, 0) is 23.8 Å². The van der Waals surface area contributed by atoms with Crippen LogP contribution in [0.1, 0.15) is 0 Å². The molecule has 2 aromatic rings. The third-order valence-electron chi connectivity index (χ3n) is 2.70. The second-order valence-corrected chi connectivity index (χ2v) is 3.77. The second-order valence-electron chi connectivity index (χ2n) is 3.77. The zero-order valence-electron chi connectivity index (χ0n) is 10.2. The van der Waals surface area contributed by atoms with Crippen LogP contribution in [0.25, 0.3) is 11.1 Å². The van der Waals surface area contributed by atoms with Gasteiger partial charge in [-0.3, -0.25) is 0 Å². The van der Waals surface area contributed by atoms with Gasteiger partial charge in [-0.25, -0.2) is 0 Å². The number of rotatable bonds is 3. The molecule has 0 aliphatic rings. The van der Waals surface area contributed by atoms with E-state index in [0.29, 0.717) is 11.3 Å². The van der Waals surface area contributed by atoms with Crippen molar-refractivity contribution in [3.05, 3.63) is 36.4 Å². The summed E-state index contributed by atoms with van der Waals surface area (Å²) in [5.41, 5.74) is 1.40. The molecule has 0 fully saturated rings. The maximum atomic E-state index is 9.84. The summed E-state index contributed by atoms with van der Waals surface area (Å²) in [6.45, 7) is 0. The first-order valence-corrected chi connectivity index (χ1v) is 5.40. The Balaban J connectivity index is 2.48. The van der Waals surface area contributed by atoms with Gasteiger partial charge in [0.15, 0.2) is 11.5 Å². The van der Waals surface area contributed by atoms with Gasteiger partial charge in [-0.1, -0.05) is 12.1 Å². The molecule has 2 N–H and O–H groups in total. The molecule has 0 aromatic heterocycles. The normalized spacial score (nSPS) is 10.1. The Hall–Kier alpha value is -2.36. The van der Waals surface area contributed by atoms with Crippen LogP contribution in [-0.2, 0) is 0 Å². The molecular weight excluding hydrogens is 232 g/mol. The molecule has 0 aliphatic carbocycles. The lowest BCUT2D eigenvalue weighted by Crippen LogP contribution is -1.87. The number of aromatic hydroxyl groups is 2. The number of ether oxygens (including phenoxy) is 2. The molecule has 0 unspecified atom stereocenters. The number of benzene rings is 2. The van der Waals surface area contributed by atoms with Crippen LogP contribution in [0.2, 0.25) is 0 Å². The van der Waals surface area contributed by atoms with E-state index in [1.807, 2.05) is 12.1 Å². The smallest absolute Gasteiger partial charge is 0.161 e. The van der Waals surface area contributed by atoms with Crippen molar-refractivity contribution in [3.63, 3.8) is 0 Å². The minimum Gasteiger partial charge on any atom is -0.507 e. The standard InChI is InChI=1S/C14H14O4/c1-17-10-5-3-9(4-6-10)11-7-14(18-2)13(16)8-12(11)15/h3-8,15-16H,1-2H3. The highest BCUT2D eigenvalue weighted by Crippen LogP contribution is 2.39. The average Bonchev–Trinajstić information content (AvgIpc) is 2.39. The SMILES string of the molecule is COc1ccc(-c2cc(OC)c(O)cc2O)cc1. The number of hydrogen-bond donors (Lipinski definition) is 2. The Bertz CT molecular complexity index is 546. The molecule has 0 bridgehead atoms. The molecule has 0 radical (unpaired) electrons. The number of methoxy groups -OCH3 is 2. The highest BCUT2D eigenvalue weighted by atomic mass is 16.5.